The molecule has 0 spiro atoms. The van der Waals surface area contributed by atoms with E-state index in [-0.39, 0.29) is 5.78 Å². The van der Waals surface area contributed by atoms with E-state index in [1.54, 1.807) is 18.6 Å². The number of carbonyl (C=O) groups excluding carboxylic acids is 1. The Kier molecular flexibility index (Phi) is 5.12. The summed E-state index contributed by atoms with van der Waals surface area (Å²) in [6, 6.07) is 5.91. The molecule has 0 bridgehead atoms. The van der Waals surface area contributed by atoms with Crippen LogP contribution in [0.3, 0.4) is 0 Å². The van der Waals surface area contributed by atoms with Crippen LogP contribution in [0.25, 0.3) is 22.4 Å². The third kappa shape index (κ3) is 3.76. The molecule has 0 amide bonds. The van der Waals surface area contributed by atoms with Crippen LogP contribution in [0.2, 0.25) is 0 Å². The molecule has 0 radical (unpaired) electrons. The highest BCUT2D eigenvalue weighted by Crippen LogP contribution is 2.33. The fourth-order valence-electron chi connectivity index (χ4n) is 3.73. The van der Waals surface area contributed by atoms with E-state index < -0.39 is 16.6 Å². The number of Topliss-reactive ketones (excluding diaryl/α,β-unsaturated/α-hetero) is 1. The molecule has 29 heavy (non-hydrogen) atoms. The predicted octanol–water partition coefficient (Wildman–Crippen LogP) is 4.19. The van der Waals surface area contributed by atoms with Crippen molar-refractivity contribution in [3.63, 3.8) is 0 Å². The molecule has 6 nitrogen and oxygen atoms in total. The maximum atomic E-state index is 12.8. The molecule has 1 aliphatic heterocycles. The van der Waals surface area contributed by atoms with Crippen LogP contribution < -0.4 is 4.90 Å². The van der Waals surface area contributed by atoms with Gasteiger partial charge in [-0.2, -0.15) is 0 Å². The highest BCUT2D eigenvalue weighted by molar-refractivity contribution is 7.90. The topological polar surface area (TPSA) is 84.9 Å². The number of ketones is 1. The van der Waals surface area contributed by atoms with Gasteiger partial charge < -0.3 is 14.4 Å². The lowest BCUT2D eigenvalue weighted by Crippen LogP contribution is -2.20. The fraction of sp³-hybridized carbons (Fsp3) is 0.409. The predicted molar refractivity (Wildman–Crippen MR) is 117 cm³/mol. The van der Waals surface area contributed by atoms with Crippen molar-refractivity contribution in [1.29, 1.82) is 0 Å². The molecule has 1 atom stereocenters. The number of H-pyrrole nitrogens is 1. The van der Waals surface area contributed by atoms with Crippen LogP contribution in [0.1, 0.15) is 44.0 Å². The molecule has 1 unspecified atom stereocenters. The van der Waals surface area contributed by atoms with Gasteiger partial charge in [-0.05, 0) is 42.2 Å². The summed E-state index contributed by atoms with van der Waals surface area (Å²) in [6.45, 7) is 7.65. The third-order valence-corrected chi connectivity index (χ3v) is 6.28. The summed E-state index contributed by atoms with van der Waals surface area (Å²) in [5.74, 6) is 0.0321. The normalized spacial score (nSPS) is 15.8. The van der Waals surface area contributed by atoms with Crippen LogP contribution in [0.15, 0.2) is 35.5 Å². The van der Waals surface area contributed by atoms with Crippen LogP contribution in [0.4, 0.5) is 5.69 Å². The number of benzene rings is 1. The van der Waals surface area contributed by atoms with Crippen molar-refractivity contribution >= 4 is 33.8 Å². The van der Waals surface area contributed by atoms with E-state index in [0.717, 1.165) is 42.1 Å². The lowest BCUT2D eigenvalue weighted by atomic mass is 9.87. The van der Waals surface area contributed by atoms with Crippen molar-refractivity contribution in [2.45, 2.75) is 38.5 Å². The number of nitrogens with one attached hydrogen (secondary N) is 1. The van der Waals surface area contributed by atoms with Crippen LogP contribution in [0.5, 0.6) is 0 Å². The molecule has 1 aromatic carbocycles. The first kappa shape index (κ1) is 19.9. The van der Waals surface area contributed by atoms with Gasteiger partial charge in [0.05, 0.1) is 23.1 Å². The Labute approximate surface area is 173 Å². The number of fused-ring (bicyclic) bond motifs is 1. The van der Waals surface area contributed by atoms with Gasteiger partial charge >= 0.3 is 0 Å². The second kappa shape index (κ2) is 7.46. The van der Waals surface area contributed by atoms with Gasteiger partial charge in [-0.15, -0.1) is 0 Å². The van der Waals surface area contributed by atoms with Gasteiger partial charge in [0.1, 0.15) is 11.8 Å². The van der Waals surface area contributed by atoms with Gasteiger partial charge in [0, 0.05) is 30.3 Å². The number of aromatic nitrogens is 3. The zero-order valence-corrected chi connectivity index (χ0v) is 18.1. The Morgan fingerprint density at radius 3 is 2.62 bits per heavy atom. The molecule has 0 saturated carbocycles. The summed E-state index contributed by atoms with van der Waals surface area (Å²) in [5.41, 5.74) is 3.87. The Morgan fingerprint density at radius 1 is 1.24 bits per heavy atom. The van der Waals surface area contributed by atoms with Gasteiger partial charge in [-0.3, -0.25) is 4.79 Å². The van der Waals surface area contributed by atoms with Crippen LogP contribution in [-0.2, 0) is 11.2 Å². The van der Waals surface area contributed by atoms with Crippen molar-refractivity contribution in [1.82, 2.24) is 15.0 Å². The van der Waals surface area contributed by atoms with Crippen LogP contribution in [0, 0.1) is 5.41 Å². The van der Waals surface area contributed by atoms with E-state index in [1.165, 1.54) is 0 Å². The van der Waals surface area contributed by atoms with Crippen molar-refractivity contribution < 1.29 is 9.35 Å². The van der Waals surface area contributed by atoms with Gasteiger partial charge in [0.2, 0.25) is 0 Å². The van der Waals surface area contributed by atoms with E-state index in [1.807, 2.05) is 32.9 Å². The van der Waals surface area contributed by atoms with Crippen LogP contribution >= 0.6 is 0 Å². The molecule has 1 N–H and O–H groups in total. The summed E-state index contributed by atoms with van der Waals surface area (Å²) < 4.78 is 12.2. The Balaban J connectivity index is 1.80. The minimum Gasteiger partial charge on any atom is -0.612 e. The number of aromatic amines is 1. The summed E-state index contributed by atoms with van der Waals surface area (Å²) in [4.78, 5) is 28.3. The fourth-order valence-corrected chi connectivity index (χ4v) is 4.47. The number of carbonyl (C=O) groups is 1. The van der Waals surface area contributed by atoms with Gasteiger partial charge in [-0.25, -0.2) is 9.97 Å². The Morgan fingerprint density at radius 2 is 1.97 bits per heavy atom. The van der Waals surface area contributed by atoms with Crippen molar-refractivity contribution in [2.75, 3.05) is 24.2 Å². The standard InChI is InChI=1S/C22H26N4O2S/c1-22(2,3)20(27)15-12-23-21-19(15)25-16(13-24-21)14-7-8-18(29(4)28)17(11-14)26-9-5-6-10-26/h7-8,11-13H,5-6,9-10H2,1-4H3,(H,23,24). The molecule has 1 saturated heterocycles. The number of rotatable bonds is 4. The van der Waals surface area contributed by atoms with Gasteiger partial charge in [0.25, 0.3) is 0 Å². The summed E-state index contributed by atoms with van der Waals surface area (Å²) >= 11 is -1.06. The van der Waals surface area contributed by atoms with E-state index in [4.69, 9.17) is 4.98 Å². The zero-order valence-electron chi connectivity index (χ0n) is 17.3. The molecular weight excluding hydrogens is 384 g/mol. The smallest absolute Gasteiger partial charge is 0.175 e. The first-order valence-corrected chi connectivity index (χ1v) is 11.4. The molecule has 4 rings (SSSR count). The maximum Gasteiger partial charge on any atom is 0.175 e. The minimum absolute atomic E-state index is 0.0321. The largest absolute Gasteiger partial charge is 0.612 e. The summed E-state index contributed by atoms with van der Waals surface area (Å²) in [7, 11) is 0. The lowest BCUT2D eigenvalue weighted by Gasteiger charge is -2.21. The molecular formula is C22H26N4O2S. The average molecular weight is 411 g/mol. The first-order valence-electron chi connectivity index (χ1n) is 9.87. The third-order valence-electron chi connectivity index (χ3n) is 5.32. The SMILES string of the molecule is C[S+]([O-])c1ccc(-c2cnc3[nH]cc(C(=O)C(C)(C)C)c3n2)cc1N1CCCC1. The molecule has 3 heterocycles. The minimum atomic E-state index is -1.06. The van der Waals surface area contributed by atoms with E-state index in [9.17, 15) is 9.35 Å². The number of anilines is 1. The van der Waals surface area contributed by atoms with Gasteiger partial charge in [-0.1, -0.05) is 20.8 Å². The highest BCUT2D eigenvalue weighted by Gasteiger charge is 2.27. The lowest BCUT2D eigenvalue weighted by molar-refractivity contribution is 0.0860. The number of hydrogen-bond donors (Lipinski definition) is 1. The Bertz CT molecular complexity index is 1060. The average Bonchev–Trinajstić information content (AvgIpc) is 3.35. The Hall–Kier alpha value is -2.38. The molecule has 3 aromatic rings. The second-order valence-corrected chi connectivity index (χ2v) is 9.91. The molecule has 1 fully saturated rings. The monoisotopic (exact) mass is 410 g/mol. The zero-order chi connectivity index (χ0) is 20.8. The van der Waals surface area contributed by atoms with Crippen LogP contribution in [-0.4, -0.2) is 44.6 Å². The van der Waals surface area contributed by atoms with E-state index >= 15 is 0 Å². The molecule has 7 heteroatoms. The van der Waals surface area contributed by atoms with Crippen molar-refractivity contribution in [3.05, 3.63) is 36.2 Å². The number of nitrogens with zero attached hydrogens (tertiary/aromatic N) is 3. The van der Waals surface area contributed by atoms with Gasteiger partial charge in [0.15, 0.2) is 16.3 Å². The van der Waals surface area contributed by atoms with E-state index in [0.29, 0.717) is 22.4 Å². The highest BCUT2D eigenvalue weighted by atomic mass is 32.2. The molecule has 0 aliphatic carbocycles. The summed E-state index contributed by atoms with van der Waals surface area (Å²) in [5, 5.41) is 0. The molecule has 1 aliphatic rings. The van der Waals surface area contributed by atoms with Crippen molar-refractivity contribution in [2.24, 2.45) is 5.41 Å². The van der Waals surface area contributed by atoms with Crippen molar-refractivity contribution in [3.8, 4) is 11.3 Å². The van der Waals surface area contributed by atoms with E-state index in [2.05, 4.69) is 20.9 Å². The summed E-state index contributed by atoms with van der Waals surface area (Å²) in [6.07, 6.45) is 7.42. The molecule has 2 aromatic heterocycles. The molecule has 152 valence electrons. The first-order chi connectivity index (χ1) is 13.8. The maximum absolute atomic E-state index is 12.8. The second-order valence-electron chi connectivity index (χ2n) is 8.56. The quantitative estimate of drug-likeness (QED) is 0.515. The number of hydrogen-bond acceptors (Lipinski definition) is 5.